The molecule has 0 saturated carbocycles. The van der Waals surface area contributed by atoms with Gasteiger partial charge in [-0.1, -0.05) is 6.92 Å². The number of nitrogens with zero attached hydrogens (tertiary/aromatic N) is 1. The third kappa shape index (κ3) is 6.75. The molecule has 0 bridgehead atoms. The molecule has 24 heavy (non-hydrogen) atoms. The summed E-state index contributed by atoms with van der Waals surface area (Å²) < 4.78 is 41.0. The van der Waals surface area contributed by atoms with Crippen LogP contribution in [0.4, 0.5) is 23.7 Å². The minimum absolute atomic E-state index is 0.0210. The molecule has 0 aliphatic heterocycles. The minimum atomic E-state index is -4.51. The van der Waals surface area contributed by atoms with Crippen molar-refractivity contribution in [2.24, 2.45) is 0 Å². The van der Waals surface area contributed by atoms with Gasteiger partial charge in [-0.05, 0) is 31.5 Å². The maximum Gasteiger partial charge on any atom is 0.422 e. The van der Waals surface area contributed by atoms with E-state index in [1.54, 1.807) is 19.9 Å². The van der Waals surface area contributed by atoms with Gasteiger partial charge in [-0.2, -0.15) is 18.4 Å². The lowest BCUT2D eigenvalue weighted by Crippen LogP contribution is -2.41. The van der Waals surface area contributed by atoms with Crippen molar-refractivity contribution in [2.45, 2.75) is 32.0 Å². The first-order valence-electron chi connectivity index (χ1n) is 7.07. The molecule has 1 unspecified atom stereocenters. The number of anilines is 1. The first kappa shape index (κ1) is 19.6. The third-order valence-electron chi connectivity index (χ3n) is 3.14. The van der Waals surface area contributed by atoms with Crippen molar-refractivity contribution in [1.82, 2.24) is 5.32 Å². The van der Waals surface area contributed by atoms with Gasteiger partial charge in [0, 0.05) is 12.2 Å². The average molecular weight is 345 g/mol. The molecule has 1 aromatic rings. The van der Waals surface area contributed by atoms with Crippen LogP contribution in [0.15, 0.2) is 18.2 Å². The van der Waals surface area contributed by atoms with E-state index >= 15 is 0 Å². The molecule has 0 spiro atoms. The Balaban J connectivity index is 2.71. The molecule has 0 heterocycles. The Bertz CT molecular complexity index is 625. The Labute approximate surface area is 137 Å². The summed E-state index contributed by atoms with van der Waals surface area (Å²) in [5, 5.41) is 23.6. The van der Waals surface area contributed by atoms with E-state index < -0.39 is 24.4 Å². The number of urea groups is 1. The number of carbonyl (C=O) groups excluding carboxylic acids is 1. The van der Waals surface area contributed by atoms with Crippen LogP contribution < -0.4 is 15.4 Å². The molecular weight excluding hydrogens is 327 g/mol. The second-order valence-electron chi connectivity index (χ2n) is 5.38. The molecule has 6 nitrogen and oxygen atoms in total. The molecule has 0 aliphatic rings. The van der Waals surface area contributed by atoms with Crippen LogP contribution in [0.1, 0.15) is 25.8 Å². The van der Waals surface area contributed by atoms with Gasteiger partial charge in [-0.15, -0.1) is 0 Å². The lowest BCUT2D eigenvalue weighted by molar-refractivity contribution is -0.153. The van der Waals surface area contributed by atoms with Crippen LogP contribution in [0.25, 0.3) is 0 Å². The summed E-state index contributed by atoms with van der Waals surface area (Å²) in [5.74, 6) is -0.227. The maximum absolute atomic E-state index is 12.1. The fraction of sp³-hybridized carbons (Fsp3) is 0.467. The molecule has 3 N–H and O–H groups in total. The Hall–Kier alpha value is -2.47. The van der Waals surface area contributed by atoms with Gasteiger partial charge in [-0.25, -0.2) is 4.79 Å². The summed E-state index contributed by atoms with van der Waals surface area (Å²) in [6.45, 7) is 1.83. The van der Waals surface area contributed by atoms with E-state index in [0.717, 1.165) is 0 Å². The molecule has 1 rings (SSSR count). The van der Waals surface area contributed by atoms with Gasteiger partial charge < -0.3 is 20.5 Å². The van der Waals surface area contributed by atoms with Crippen molar-refractivity contribution in [3.05, 3.63) is 23.8 Å². The summed E-state index contributed by atoms with van der Waals surface area (Å²) in [5.41, 5.74) is -0.984. The molecule has 1 atom stereocenters. The zero-order valence-electron chi connectivity index (χ0n) is 13.2. The predicted molar refractivity (Wildman–Crippen MR) is 80.6 cm³/mol. The fourth-order valence-corrected chi connectivity index (χ4v) is 1.55. The molecule has 132 valence electrons. The van der Waals surface area contributed by atoms with Crippen LogP contribution in [0.2, 0.25) is 0 Å². The Kier molecular flexibility index (Phi) is 6.42. The lowest BCUT2D eigenvalue weighted by atomic mass is 10.0. The van der Waals surface area contributed by atoms with Gasteiger partial charge in [0.05, 0.1) is 11.2 Å². The van der Waals surface area contributed by atoms with Crippen molar-refractivity contribution in [2.75, 3.05) is 18.5 Å². The molecule has 1 aromatic carbocycles. The van der Waals surface area contributed by atoms with Crippen LogP contribution in [0, 0.1) is 11.3 Å². The number of carbonyl (C=O) groups is 1. The highest BCUT2D eigenvalue weighted by atomic mass is 19.4. The van der Waals surface area contributed by atoms with Crippen molar-refractivity contribution >= 4 is 11.7 Å². The normalized spacial score (nSPS) is 13.5. The zero-order valence-corrected chi connectivity index (χ0v) is 13.2. The summed E-state index contributed by atoms with van der Waals surface area (Å²) in [6.07, 6.45) is -4.07. The second-order valence-corrected chi connectivity index (χ2v) is 5.38. The summed E-state index contributed by atoms with van der Waals surface area (Å²) in [6, 6.07) is 4.77. The van der Waals surface area contributed by atoms with Gasteiger partial charge in [-0.3, -0.25) is 0 Å². The topological polar surface area (TPSA) is 94.4 Å². The summed E-state index contributed by atoms with van der Waals surface area (Å²) in [7, 11) is 0. The molecule has 0 fully saturated rings. The average Bonchev–Trinajstić information content (AvgIpc) is 2.51. The Morgan fingerprint density at radius 1 is 1.42 bits per heavy atom. The third-order valence-corrected chi connectivity index (χ3v) is 3.14. The number of rotatable bonds is 6. The van der Waals surface area contributed by atoms with Crippen molar-refractivity contribution in [1.29, 1.82) is 5.26 Å². The zero-order chi connectivity index (χ0) is 18.4. The Morgan fingerprint density at radius 2 is 2.08 bits per heavy atom. The summed E-state index contributed by atoms with van der Waals surface area (Å²) >= 11 is 0. The van der Waals surface area contributed by atoms with Crippen LogP contribution in [-0.4, -0.2) is 36.1 Å². The van der Waals surface area contributed by atoms with Crippen molar-refractivity contribution in [3.8, 4) is 11.8 Å². The van der Waals surface area contributed by atoms with Gasteiger partial charge in [0.15, 0.2) is 6.61 Å². The fourth-order valence-electron chi connectivity index (χ4n) is 1.55. The molecular formula is C15H18F3N3O3. The lowest BCUT2D eigenvalue weighted by Gasteiger charge is -2.21. The number of nitrogens with one attached hydrogen (secondary N) is 2. The summed E-state index contributed by atoms with van der Waals surface area (Å²) in [4.78, 5) is 11.7. The predicted octanol–water partition coefficient (Wildman–Crippen LogP) is 2.78. The van der Waals surface area contributed by atoms with Crippen LogP contribution in [0.5, 0.6) is 5.75 Å². The number of hydrogen-bond acceptors (Lipinski definition) is 4. The first-order valence-corrected chi connectivity index (χ1v) is 7.07. The first-order chi connectivity index (χ1) is 11.1. The minimum Gasteiger partial charge on any atom is -0.483 e. The largest absolute Gasteiger partial charge is 0.483 e. The van der Waals surface area contributed by atoms with Gasteiger partial charge in [0.25, 0.3) is 0 Å². The van der Waals surface area contributed by atoms with Gasteiger partial charge in [0.1, 0.15) is 11.8 Å². The molecule has 2 amide bonds. The van der Waals surface area contributed by atoms with E-state index in [0.29, 0.717) is 6.42 Å². The van der Waals surface area contributed by atoms with Crippen molar-refractivity contribution < 1.29 is 27.8 Å². The molecule has 0 aromatic heterocycles. The quantitative estimate of drug-likeness (QED) is 0.739. The standard InChI is InChI=1S/C15H18F3N3O3/c1-3-14(2,23)8-20-13(22)21-11-4-5-12(10(6-11)7-19)24-9-15(16,17)18/h4-6,23H,3,8-9H2,1-2H3,(H2,20,21,22). The number of ether oxygens (including phenoxy) is 1. The smallest absolute Gasteiger partial charge is 0.422 e. The monoisotopic (exact) mass is 345 g/mol. The molecule has 9 heteroatoms. The highest BCUT2D eigenvalue weighted by Gasteiger charge is 2.29. The van der Waals surface area contributed by atoms with Gasteiger partial charge >= 0.3 is 12.2 Å². The number of alkyl halides is 3. The van der Waals surface area contributed by atoms with Crippen LogP contribution >= 0.6 is 0 Å². The maximum atomic E-state index is 12.1. The van der Waals surface area contributed by atoms with E-state index in [4.69, 9.17) is 5.26 Å². The van der Waals surface area contributed by atoms with Crippen molar-refractivity contribution in [3.63, 3.8) is 0 Å². The second kappa shape index (κ2) is 7.88. The van der Waals surface area contributed by atoms with E-state index in [9.17, 15) is 23.1 Å². The van der Waals surface area contributed by atoms with E-state index in [2.05, 4.69) is 15.4 Å². The SMILES string of the molecule is CCC(C)(O)CNC(=O)Nc1ccc(OCC(F)(F)F)c(C#N)c1. The van der Waals surface area contributed by atoms with Gasteiger partial charge in [0.2, 0.25) is 0 Å². The number of aliphatic hydroxyl groups is 1. The molecule has 0 saturated heterocycles. The number of halogens is 3. The Morgan fingerprint density at radius 3 is 2.62 bits per heavy atom. The van der Waals surface area contributed by atoms with E-state index in [1.807, 2.05) is 0 Å². The number of amides is 2. The van der Waals surface area contributed by atoms with Crippen LogP contribution in [0.3, 0.4) is 0 Å². The number of nitriles is 1. The molecule has 0 aliphatic carbocycles. The highest BCUT2D eigenvalue weighted by Crippen LogP contribution is 2.24. The van der Waals surface area contributed by atoms with E-state index in [1.165, 1.54) is 18.2 Å². The number of hydrogen-bond donors (Lipinski definition) is 3. The number of benzene rings is 1. The van der Waals surface area contributed by atoms with Crippen LogP contribution in [-0.2, 0) is 0 Å². The van der Waals surface area contributed by atoms with E-state index in [-0.39, 0.29) is 23.5 Å². The molecule has 0 radical (unpaired) electrons. The highest BCUT2D eigenvalue weighted by molar-refractivity contribution is 5.89.